The molecule has 2 aliphatic rings. The van der Waals surface area contributed by atoms with Crippen LogP contribution in [-0.2, 0) is 16.0 Å². The molecule has 0 amide bonds. The maximum Gasteiger partial charge on any atom is 0.0991 e. The van der Waals surface area contributed by atoms with E-state index in [-0.39, 0.29) is 6.10 Å². The molecule has 0 radical (unpaired) electrons. The van der Waals surface area contributed by atoms with Gasteiger partial charge in [0.25, 0.3) is 0 Å². The van der Waals surface area contributed by atoms with Crippen LogP contribution in [0.25, 0.3) is 0 Å². The van der Waals surface area contributed by atoms with Gasteiger partial charge >= 0.3 is 0 Å². The number of hydrogen-bond donors (Lipinski definition) is 0. The lowest BCUT2D eigenvalue weighted by atomic mass is 10.1. The Hall–Kier alpha value is -0.420. The molecule has 0 bridgehead atoms. The van der Waals surface area contributed by atoms with E-state index in [2.05, 4.69) is 24.0 Å². The molecule has 2 heterocycles. The van der Waals surface area contributed by atoms with E-state index in [4.69, 9.17) is 9.47 Å². The van der Waals surface area contributed by atoms with Crippen LogP contribution in [0.5, 0.6) is 0 Å². The first-order chi connectivity index (χ1) is 8.78. The average molecular weight is 267 g/mol. The van der Waals surface area contributed by atoms with Crippen molar-refractivity contribution in [1.82, 2.24) is 4.90 Å². The van der Waals surface area contributed by atoms with E-state index in [0.717, 1.165) is 26.1 Å². The largest absolute Gasteiger partial charge is 0.379 e. The van der Waals surface area contributed by atoms with Crippen molar-refractivity contribution in [2.24, 2.45) is 0 Å². The highest BCUT2D eigenvalue weighted by atomic mass is 32.1. The van der Waals surface area contributed by atoms with Crippen molar-refractivity contribution in [3.05, 3.63) is 21.9 Å². The summed E-state index contributed by atoms with van der Waals surface area (Å²) in [6.07, 6.45) is 2.91. The summed E-state index contributed by atoms with van der Waals surface area (Å²) in [5, 5.41) is 0. The van der Waals surface area contributed by atoms with Crippen molar-refractivity contribution < 1.29 is 9.47 Å². The molecule has 0 aromatic carbocycles. The fourth-order valence-electron chi connectivity index (χ4n) is 3.21. The van der Waals surface area contributed by atoms with Crippen LogP contribution < -0.4 is 0 Å². The van der Waals surface area contributed by atoms with Crippen LogP contribution >= 0.6 is 11.3 Å². The van der Waals surface area contributed by atoms with Crippen molar-refractivity contribution in [2.75, 3.05) is 20.3 Å². The van der Waals surface area contributed by atoms with Gasteiger partial charge in [0.2, 0.25) is 0 Å². The zero-order valence-corrected chi connectivity index (χ0v) is 11.9. The molecule has 1 aromatic rings. The third kappa shape index (κ3) is 2.35. The summed E-state index contributed by atoms with van der Waals surface area (Å²) in [4.78, 5) is 5.45. The second-order valence-electron chi connectivity index (χ2n) is 5.24. The van der Waals surface area contributed by atoms with Gasteiger partial charge in [-0.05, 0) is 31.9 Å². The summed E-state index contributed by atoms with van der Waals surface area (Å²) in [7, 11) is 1.80. The molecule has 18 heavy (non-hydrogen) atoms. The molecule has 0 spiro atoms. The normalized spacial score (nSPS) is 32.7. The topological polar surface area (TPSA) is 21.7 Å². The molecule has 0 N–H and O–H groups in total. The van der Waals surface area contributed by atoms with Gasteiger partial charge in [-0.3, -0.25) is 4.90 Å². The van der Waals surface area contributed by atoms with Crippen molar-refractivity contribution in [3.8, 4) is 0 Å². The molecule has 4 heteroatoms. The summed E-state index contributed by atoms with van der Waals surface area (Å²) in [6, 6.07) is 5.02. The number of aryl methyl sites for hydroxylation is 1. The Bertz CT molecular complexity index is 406. The first-order valence-corrected chi connectivity index (χ1v) is 7.53. The maximum absolute atomic E-state index is 5.92. The lowest BCUT2D eigenvalue weighted by Gasteiger charge is -2.38. The SMILES string of the molecule is CO[C@H]1CC[C@@H]2[C@@H]1OCCN2Cc1ccc(C)s1. The zero-order valence-electron chi connectivity index (χ0n) is 11.1. The lowest BCUT2D eigenvalue weighted by molar-refractivity contribution is -0.106. The van der Waals surface area contributed by atoms with Gasteiger partial charge in [0, 0.05) is 36.0 Å². The van der Waals surface area contributed by atoms with Crippen LogP contribution in [0.2, 0.25) is 0 Å². The number of ether oxygens (including phenoxy) is 2. The average Bonchev–Trinajstić information content (AvgIpc) is 2.96. The smallest absolute Gasteiger partial charge is 0.0991 e. The minimum atomic E-state index is 0.282. The molecule has 1 saturated heterocycles. The van der Waals surface area contributed by atoms with Crippen LogP contribution in [-0.4, -0.2) is 43.4 Å². The van der Waals surface area contributed by atoms with Crippen molar-refractivity contribution in [1.29, 1.82) is 0 Å². The van der Waals surface area contributed by atoms with Crippen LogP contribution in [0.3, 0.4) is 0 Å². The molecular formula is C14H21NO2S. The number of hydrogen-bond acceptors (Lipinski definition) is 4. The van der Waals surface area contributed by atoms with Crippen molar-refractivity contribution in [2.45, 2.75) is 44.6 Å². The highest BCUT2D eigenvalue weighted by molar-refractivity contribution is 7.11. The Balaban J connectivity index is 1.69. The fourth-order valence-corrected chi connectivity index (χ4v) is 4.13. The Labute approximate surface area is 113 Å². The number of rotatable bonds is 3. The summed E-state index contributed by atoms with van der Waals surface area (Å²) in [5.41, 5.74) is 0. The summed E-state index contributed by atoms with van der Waals surface area (Å²) in [5.74, 6) is 0. The van der Waals surface area contributed by atoms with Crippen molar-refractivity contribution in [3.63, 3.8) is 0 Å². The second-order valence-corrected chi connectivity index (χ2v) is 6.61. The van der Waals surface area contributed by atoms with E-state index in [1.165, 1.54) is 16.2 Å². The molecule has 3 nitrogen and oxygen atoms in total. The van der Waals surface area contributed by atoms with E-state index in [1.807, 2.05) is 11.3 Å². The number of methoxy groups -OCH3 is 1. The van der Waals surface area contributed by atoms with Gasteiger partial charge in [0.15, 0.2) is 0 Å². The molecular weight excluding hydrogens is 246 g/mol. The number of morpholine rings is 1. The lowest BCUT2D eigenvalue weighted by Crippen LogP contribution is -2.50. The van der Waals surface area contributed by atoms with Crippen LogP contribution in [0, 0.1) is 6.92 Å². The molecule has 1 aliphatic carbocycles. The predicted octanol–water partition coefficient (Wildman–Crippen LogP) is 2.43. The molecule has 1 aliphatic heterocycles. The Morgan fingerprint density at radius 2 is 2.33 bits per heavy atom. The van der Waals surface area contributed by atoms with E-state index in [1.54, 1.807) is 7.11 Å². The molecule has 3 rings (SSSR count). The number of thiophene rings is 1. The quantitative estimate of drug-likeness (QED) is 0.839. The molecule has 100 valence electrons. The van der Waals surface area contributed by atoms with Gasteiger partial charge in [0.1, 0.15) is 0 Å². The van der Waals surface area contributed by atoms with E-state index in [9.17, 15) is 0 Å². The van der Waals surface area contributed by atoms with Gasteiger partial charge < -0.3 is 9.47 Å². The monoisotopic (exact) mass is 267 g/mol. The minimum absolute atomic E-state index is 0.282. The van der Waals surface area contributed by atoms with Crippen LogP contribution in [0.1, 0.15) is 22.6 Å². The van der Waals surface area contributed by atoms with Gasteiger partial charge in [-0.2, -0.15) is 0 Å². The second kappa shape index (κ2) is 5.29. The van der Waals surface area contributed by atoms with Crippen LogP contribution in [0.4, 0.5) is 0 Å². The summed E-state index contributed by atoms with van der Waals surface area (Å²) < 4.78 is 11.4. The van der Waals surface area contributed by atoms with Gasteiger partial charge in [-0.25, -0.2) is 0 Å². The molecule has 1 aromatic heterocycles. The Morgan fingerprint density at radius 1 is 1.44 bits per heavy atom. The Kier molecular flexibility index (Phi) is 3.71. The van der Waals surface area contributed by atoms with E-state index < -0.39 is 0 Å². The molecule has 0 unspecified atom stereocenters. The molecule has 2 fully saturated rings. The van der Waals surface area contributed by atoms with Gasteiger partial charge in [0.05, 0.1) is 18.8 Å². The fraction of sp³-hybridized carbons (Fsp3) is 0.714. The predicted molar refractivity (Wildman–Crippen MR) is 73.0 cm³/mol. The third-order valence-corrected chi connectivity index (χ3v) is 5.09. The van der Waals surface area contributed by atoms with Crippen LogP contribution in [0.15, 0.2) is 12.1 Å². The molecule has 1 saturated carbocycles. The maximum atomic E-state index is 5.92. The summed E-state index contributed by atoms with van der Waals surface area (Å²) in [6.45, 7) is 5.13. The van der Waals surface area contributed by atoms with E-state index in [0.29, 0.717) is 12.1 Å². The minimum Gasteiger partial charge on any atom is -0.379 e. The number of nitrogens with zero attached hydrogens (tertiary/aromatic N) is 1. The standard InChI is InChI=1S/C14H21NO2S/c1-10-3-4-11(18-10)9-15-7-8-17-14-12(15)5-6-13(14)16-2/h3-4,12-14H,5-9H2,1-2H3/t12-,13+,14+/m1/s1. The van der Waals surface area contributed by atoms with Crippen molar-refractivity contribution >= 4 is 11.3 Å². The van der Waals surface area contributed by atoms with Gasteiger partial charge in [-0.1, -0.05) is 0 Å². The first kappa shape index (κ1) is 12.6. The highest BCUT2D eigenvalue weighted by Crippen LogP contribution is 2.33. The Morgan fingerprint density at radius 3 is 3.06 bits per heavy atom. The zero-order chi connectivity index (χ0) is 12.5. The first-order valence-electron chi connectivity index (χ1n) is 6.71. The van der Waals surface area contributed by atoms with Gasteiger partial charge in [-0.15, -0.1) is 11.3 Å². The third-order valence-electron chi connectivity index (χ3n) is 4.11. The summed E-state index contributed by atoms with van der Waals surface area (Å²) >= 11 is 1.91. The molecule has 3 atom stereocenters. The highest BCUT2D eigenvalue weighted by Gasteiger charge is 2.42. The number of fused-ring (bicyclic) bond motifs is 1. The van der Waals surface area contributed by atoms with E-state index >= 15 is 0 Å².